The number of nitrogens with zero attached hydrogens (tertiary/aromatic N) is 1. The average Bonchev–Trinajstić information content (AvgIpc) is 2.00. The van der Waals surface area contributed by atoms with Gasteiger partial charge in [0, 0.05) is 25.1 Å². The molecule has 2 N–H and O–H groups in total. The van der Waals surface area contributed by atoms with Gasteiger partial charge < -0.3 is 15.1 Å². The SMILES string of the molecule is CCC(C)(CO)CN(C)CC(C)(C)O. The molecule has 0 saturated carbocycles. The fraction of sp³-hybridized carbons (Fsp3) is 1.00. The van der Waals surface area contributed by atoms with E-state index in [0.29, 0.717) is 6.54 Å². The van der Waals surface area contributed by atoms with Crippen LogP contribution in [0, 0.1) is 5.41 Å². The molecule has 1 atom stereocenters. The highest BCUT2D eigenvalue weighted by Gasteiger charge is 2.25. The Kier molecular flexibility index (Phi) is 5.06. The van der Waals surface area contributed by atoms with Crippen molar-refractivity contribution < 1.29 is 10.2 Å². The fourth-order valence-electron chi connectivity index (χ4n) is 1.64. The summed E-state index contributed by atoms with van der Waals surface area (Å²) in [6.45, 7) is 9.37. The van der Waals surface area contributed by atoms with Crippen LogP contribution in [0.3, 0.4) is 0 Å². The summed E-state index contributed by atoms with van der Waals surface area (Å²) in [4.78, 5) is 2.07. The van der Waals surface area contributed by atoms with E-state index in [0.717, 1.165) is 13.0 Å². The Balaban J connectivity index is 4.10. The molecule has 86 valence electrons. The Bertz CT molecular complexity index is 159. The van der Waals surface area contributed by atoms with Gasteiger partial charge >= 0.3 is 0 Å². The third-order valence-corrected chi connectivity index (χ3v) is 2.54. The minimum Gasteiger partial charge on any atom is -0.396 e. The lowest BCUT2D eigenvalue weighted by Crippen LogP contribution is -2.42. The number of hydrogen-bond acceptors (Lipinski definition) is 3. The van der Waals surface area contributed by atoms with Gasteiger partial charge in [0.1, 0.15) is 0 Å². The number of likely N-dealkylation sites (N-methyl/N-ethyl adjacent to an activating group) is 1. The lowest BCUT2D eigenvalue weighted by molar-refractivity contribution is 0.0208. The van der Waals surface area contributed by atoms with Gasteiger partial charge in [-0.1, -0.05) is 13.8 Å². The lowest BCUT2D eigenvalue weighted by Gasteiger charge is -2.34. The number of aliphatic hydroxyl groups excluding tert-OH is 1. The third kappa shape index (κ3) is 5.58. The molecule has 0 rings (SSSR count). The highest BCUT2D eigenvalue weighted by atomic mass is 16.3. The second kappa shape index (κ2) is 5.10. The molecule has 0 saturated heterocycles. The zero-order chi connectivity index (χ0) is 11.4. The first-order valence-corrected chi connectivity index (χ1v) is 5.24. The minimum absolute atomic E-state index is 0.0556. The normalized spacial score (nSPS) is 17.1. The van der Waals surface area contributed by atoms with Crippen molar-refractivity contribution in [1.82, 2.24) is 4.90 Å². The Morgan fingerprint density at radius 3 is 1.93 bits per heavy atom. The summed E-state index contributed by atoms with van der Waals surface area (Å²) < 4.78 is 0. The molecule has 0 fully saturated rings. The zero-order valence-corrected chi connectivity index (χ0v) is 10.2. The van der Waals surface area contributed by atoms with E-state index >= 15 is 0 Å². The van der Waals surface area contributed by atoms with E-state index in [1.54, 1.807) is 13.8 Å². The summed E-state index contributed by atoms with van der Waals surface area (Å²) in [5.41, 5.74) is -0.723. The van der Waals surface area contributed by atoms with E-state index in [1.807, 2.05) is 7.05 Å². The van der Waals surface area contributed by atoms with Gasteiger partial charge in [0.2, 0.25) is 0 Å². The topological polar surface area (TPSA) is 43.7 Å². The quantitative estimate of drug-likeness (QED) is 0.679. The summed E-state index contributed by atoms with van der Waals surface area (Å²) in [6.07, 6.45) is 0.944. The second-order valence-electron chi connectivity index (χ2n) is 5.31. The van der Waals surface area contributed by atoms with Crippen LogP contribution in [0.1, 0.15) is 34.1 Å². The van der Waals surface area contributed by atoms with E-state index in [1.165, 1.54) is 0 Å². The molecule has 0 aromatic rings. The molecule has 0 aromatic carbocycles. The molecule has 0 heterocycles. The molecule has 1 unspecified atom stereocenters. The van der Waals surface area contributed by atoms with Crippen molar-refractivity contribution in [3.8, 4) is 0 Å². The van der Waals surface area contributed by atoms with Crippen molar-refractivity contribution in [2.45, 2.75) is 39.7 Å². The molecule has 3 heteroatoms. The molecule has 0 aliphatic carbocycles. The van der Waals surface area contributed by atoms with Gasteiger partial charge in [0.05, 0.1) is 5.60 Å². The van der Waals surface area contributed by atoms with Gasteiger partial charge in [-0.25, -0.2) is 0 Å². The first-order chi connectivity index (χ1) is 6.22. The zero-order valence-electron chi connectivity index (χ0n) is 10.2. The van der Waals surface area contributed by atoms with Gasteiger partial charge in [-0.15, -0.1) is 0 Å². The van der Waals surface area contributed by atoms with Crippen molar-refractivity contribution in [1.29, 1.82) is 0 Å². The first kappa shape index (κ1) is 13.9. The van der Waals surface area contributed by atoms with Gasteiger partial charge in [0.25, 0.3) is 0 Å². The van der Waals surface area contributed by atoms with Crippen LogP contribution in [-0.4, -0.2) is 47.5 Å². The van der Waals surface area contributed by atoms with E-state index in [2.05, 4.69) is 18.7 Å². The second-order valence-corrected chi connectivity index (χ2v) is 5.31. The summed E-state index contributed by atoms with van der Waals surface area (Å²) in [5, 5.41) is 18.9. The maximum absolute atomic E-state index is 9.63. The Labute approximate surface area is 87.7 Å². The highest BCUT2D eigenvalue weighted by Crippen LogP contribution is 2.21. The van der Waals surface area contributed by atoms with Crippen molar-refractivity contribution in [2.75, 3.05) is 26.7 Å². The minimum atomic E-state index is -0.668. The predicted octanol–water partition coefficient (Wildman–Crippen LogP) is 1.10. The van der Waals surface area contributed by atoms with Gasteiger partial charge in [0.15, 0.2) is 0 Å². The third-order valence-electron chi connectivity index (χ3n) is 2.54. The Hall–Kier alpha value is -0.120. The fourth-order valence-corrected chi connectivity index (χ4v) is 1.64. The van der Waals surface area contributed by atoms with E-state index < -0.39 is 5.60 Å². The van der Waals surface area contributed by atoms with E-state index in [4.69, 9.17) is 0 Å². The molecule has 0 aromatic heterocycles. The summed E-state index contributed by atoms with van der Waals surface area (Å²) in [5.74, 6) is 0. The average molecular weight is 203 g/mol. The van der Waals surface area contributed by atoms with Crippen LogP contribution in [0.5, 0.6) is 0 Å². The van der Waals surface area contributed by atoms with Crippen LogP contribution in [0.2, 0.25) is 0 Å². The smallest absolute Gasteiger partial charge is 0.0718 e. The van der Waals surface area contributed by atoms with Crippen molar-refractivity contribution in [3.63, 3.8) is 0 Å². The molecule has 14 heavy (non-hydrogen) atoms. The molecular formula is C11H25NO2. The van der Waals surface area contributed by atoms with Crippen LogP contribution in [0.4, 0.5) is 0 Å². The van der Waals surface area contributed by atoms with Crippen LogP contribution < -0.4 is 0 Å². The predicted molar refractivity (Wildman–Crippen MR) is 59.3 cm³/mol. The summed E-state index contributed by atoms with van der Waals surface area (Å²) in [6, 6.07) is 0. The van der Waals surface area contributed by atoms with Crippen LogP contribution in [-0.2, 0) is 0 Å². The molecule has 3 nitrogen and oxygen atoms in total. The van der Waals surface area contributed by atoms with Crippen LogP contribution in [0.25, 0.3) is 0 Å². The summed E-state index contributed by atoms with van der Waals surface area (Å²) in [7, 11) is 1.97. The standard InChI is InChI=1S/C11H25NO2/c1-6-11(4,9-13)8-12(5)7-10(2,3)14/h13-14H,6-9H2,1-5H3. The Morgan fingerprint density at radius 2 is 1.64 bits per heavy atom. The number of rotatable bonds is 6. The molecule has 0 aliphatic rings. The van der Waals surface area contributed by atoms with E-state index in [-0.39, 0.29) is 12.0 Å². The first-order valence-electron chi connectivity index (χ1n) is 5.24. The molecule has 0 aliphatic heterocycles. The van der Waals surface area contributed by atoms with Gasteiger partial charge in [-0.3, -0.25) is 0 Å². The maximum Gasteiger partial charge on any atom is 0.0718 e. The van der Waals surface area contributed by atoms with Gasteiger partial charge in [-0.05, 0) is 27.3 Å². The van der Waals surface area contributed by atoms with Crippen molar-refractivity contribution >= 4 is 0 Å². The molecule has 0 bridgehead atoms. The summed E-state index contributed by atoms with van der Waals surface area (Å²) >= 11 is 0. The van der Waals surface area contributed by atoms with E-state index in [9.17, 15) is 10.2 Å². The molecule has 0 radical (unpaired) electrons. The highest BCUT2D eigenvalue weighted by molar-refractivity contribution is 4.78. The van der Waals surface area contributed by atoms with Gasteiger partial charge in [-0.2, -0.15) is 0 Å². The lowest BCUT2D eigenvalue weighted by atomic mass is 9.88. The monoisotopic (exact) mass is 203 g/mol. The molecule has 0 spiro atoms. The van der Waals surface area contributed by atoms with Crippen LogP contribution in [0.15, 0.2) is 0 Å². The van der Waals surface area contributed by atoms with Crippen molar-refractivity contribution in [3.05, 3.63) is 0 Å². The molecular weight excluding hydrogens is 178 g/mol. The maximum atomic E-state index is 9.63. The largest absolute Gasteiger partial charge is 0.396 e. The van der Waals surface area contributed by atoms with Crippen LogP contribution >= 0.6 is 0 Å². The van der Waals surface area contributed by atoms with Crippen molar-refractivity contribution in [2.24, 2.45) is 5.41 Å². The number of aliphatic hydroxyl groups is 2. The number of hydrogen-bond donors (Lipinski definition) is 2. The Morgan fingerprint density at radius 1 is 1.14 bits per heavy atom. The molecule has 0 amide bonds.